The van der Waals surface area contributed by atoms with Gasteiger partial charge in [0.25, 0.3) is 0 Å². The molecule has 0 aliphatic rings. The first kappa shape index (κ1) is 13.4. The van der Waals surface area contributed by atoms with Gasteiger partial charge in [0.2, 0.25) is 5.91 Å². The molecule has 3 nitrogen and oxygen atoms in total. The Morgan fingerprint density at radius 1 is 1.69 bits per heavy atom. The summed E-state index contributed by atoms with van der Waals surface area (Å²) < 4.78 is 0.731. The van der Waals surface area contributed by atoms with Gasteiger partial charge in [0.05, 0.1) is 28.5 Å². The van der Waals surface area contributed by atoms with Crippen molar-refractivity contribution >= 4 is 40.6 Å². The Kier molecular flexibility index (Phi) is 5.67. The molecule has 1 aromatic rings. The molecule has 0 atom stereocenters. The predicted octanol–water partition coefficient (Wildman–Crippen LogP) is 2.62. The van der Waals surface area contributed by atoms with Gasteiger partial charge in [-0.1, -0.05) is 11.6 Å². The highest BCUT2D eigenvalue weighted by molar-refractivity contribution is 8.00. The highest BCUT2D eigenvalue weighted by Gasteiger charge is 2.10. The summed E-state index contributed by atoms with van der Waals surface area (Å²) in [5.74, 6) is 0.734. The van der Waals surface area contributed by atoms with E-state index in [2.05, 4.69) is 0 Å². The number of hydrogen-bond donors (Lipinski definition) is 0. The SMILES string of the molecule is CN(Cc1ccc(Cl)s1)C(=O)CSCC#N. The van der Waals surface area contributed by atoms with Gasteiger partial charge in [-0.05, 0) is 12.1 Å². The van der Waals surface area contributed by atoms with Crippen molar-refractivity contribution in [2.24, 2.45) is 0 Å². The van der Waals surface area contributed by atoms with E-state index in [0.717, 1.165) is 9.21 Å². The lowest BCUT2D eigenvalue weighted by molar-refractivity contribution is -0.127. The van der Waals surface area contributed by atoms with Crippen LogP contribution in [0, 0.1) is 11.3 Å². The molecule has 1 heterocycles. The summed E-state index contributed by atoms with van der Waals surface area (Å²) in [6, 6.07) is 5.73. The molecule has 0 N–H and O–H groups in total. The number of carbonyl (C=O) groups excluding carboxylic acids is 1. The van der Waals surface area contributed by atoms with Crippen molar-refractivity contribution in [1.82, 2.24) is 4.90 Å². The molecule has 0 unspecified atom stereocenters. The topological polar surface area (TPSA) is 44.1 Å². The third-order valence-corrected chi connectivity index (χ3v) is 3.84. The summed E-state index contributed by atoms with van der Waals surface area (Å²) in [4.78, 5) is 14.3. The van der Waals surface area contributed by atoms with Gasteiger partial charge in [0.1, 0.15) is 0 Å². The van der Waals surface area contributed by atoms with Gasteiger partial charge in [-0.3, -0.25) is 4.79 Å². The lowest BCUT2D eigenvalue weighted by Crippen LogP contribution is -2.27. The number of thiophene rings is 1. The molecule has 0 saturated carbocycles. The number of hydrogen-bond acceptors (Lipinski definition) is 4. The Labute approximate surface area is 108 Å². The number of carbonyl (C=O) groups is 1. The molecule has 1 aromatic heterocycles. The molecule has 0 aromatic carbocycles. The van der Waals surface area contributed by atoms with Crippen LogP contribution in [-0.2, 0) is 11.3 Å². The fourth-order valence-electron chi connectivity index (χ4n) is 1.05. The van der Waals surface area contributed by atoms with E-state index in [1.54, 1.807) is 11.9 Å². The van der Waals surface area contributed by atoms with E-state index in [1.807, 2.05) is 18.2 Å². The molecule has 1 rings (SSSR count). The molecule has 0 radical (unpaired) electrons. The van der Waals surface area contributed by atoms with Crippen LogP contribution in [0.3, 0.4) is 0 Å². The van der Waals surface area contributed by atoms with Crippen LogP contribution in [0.25, 0.3) is 0 Å². The summed E-state index contributed by atoms with van der Waals surface area (Å²) in [6.45, 7) is 0.573. The molecule has 0 bridgehead atoms. The number of amides is 1. The monoisotopic (exact) mass is 274 g/mol. The van der Waals surface area contributed by atoms with Crippen LogP contribution in [0.2, 0.25) is 4.34 Å². The van der Waals surface area contributed by atoms with E-state index >= 15 is 0 Å². The van der Waals surface area contributed by atoms with Crippen molar-refractivity contribution < 1.29 is 4.79 Å². The Balaban J connectivity index is 2.37. The van der Waals surface area contributed by atoms with Crippen molar-refractivity contribution in [3.8, 4) is 6.07 Å². The highest BCUT2D eigenvalue weighted by Crippen LogP contribution is 2.22. The zero-order chi connectivity index (χ0) is 12.0. The number of nitrogens with zero attached hydrogens (tertiary/aromatic N) is 2. The van der Waals surface area contributed by atoms with E-state index in [4.69, 9.17) is 16.9 Å². The largest absolute Gasteiger partial charge is 0.340 e. The zero-order valence-corrected chi connectivity index (χ0v) is 11.2. The Bertz CT molecular complexity index is 400. The molecule has 1 amide bonds. The maximum atomic E-state index is 11.6. The standard InChI is InChI=1S/C10H11ClN2OS2/c1-13(10(14)7-15-5-4-12)6-8-2-3-9(11)16-8/h2-3H,5-7H2,1H3. The molecule has 0 aliphatic heterocycles. The van der Waals surface area contributed by atoms with E-state index < -0.39 is 0 Å². The minimum atomic E-state index is 0.0322. The van der Waals surface area contributed by atoms with Crippen LogP contribution in [0.5, 0.6) is 0 Å². The van der Waals surface area contributed by atoms with E-state index in [1.165, 1.54) is 23.1 Å². The van der Waals surface area contributed by atoms with Gasteiger partial charge >= 0.3 is 0 Å². The molecule has 86 valence electrons. The summed E-state index contributed by atoms with van der Waals surface area (Å²) in [7, 11) is 1.75. The summed E-state index contributed by atoms with van der Waals surface area (Å²) in [5.41, 5.74) is 0. The smallest absolute Gasteiger partial charge is 0.232 e. The zero-order valence-electron chi connectivity index (χ0n) is 8.77. The van der Waals surface area contributed by atoms with Crippen molar-refractivity contribution in [3.05, 3.63) is 21.3 Å². The number of nitriles is 1. The first-order chi connectivity index (χ1) is 7.63. The minimum absolute atomic E-state index is 0.0322. The minimum Gasteiger partial charge on any atom is -0.340 e. The summed E-state index contributed by atoms with van der Waals surface area (Å²) in [6.07, 6.45) is 0. The normalized spacial score (nSPS) is 9.81. The third-order valence-electron chi connectivity index (χ3n) is 1.84. The van der Waals surface area contributed by atoms with Crippen molar-refractivity contribution in [2.45, 2.75) is 6.54 Å². The van der Waals surface area contributed by atoms with Gasteiger partial charge in [-0.2, -0.15) is 5.26 Å². The second-order valence-electron chi connectivity index (χ2n) is 3.11. The Morgan fingerprint density at radius 3 is 3.00 bits per heavy atom. The van der Waals surface area contributed by atoms with E-state index in [9.17, 15) is 4.79 Å². The average molecular weight is 275 g/mol. The molecule has 0 saturated heterocycles. The lowest BCUT2D eigenvalue weighted by Gasteiger charge is -2.15. The molecule has 0 spiro atoms. The molecular weight excluding hydrogens is 264 g/mol. The first-order valence-electron chi connectivity index (χ1n) is 4.56. The fourth-order valence-corrected chi connectivity index (χ4v) is 2.78. The van der Waals surface area contributed by atoms with Crippen LogP contribution in [0.15, 0.2) is 12.1 Å². The fraction of sp³-hybridized carbons (Fsp3) is 0.400. The third kappa shape index (κ3) is 4.44. The van der Waals surface area contributed by atoms with Crippen molar-refractivity contribution in [2.75, 3.05) is 18.6 Å². The summed E-state index contributed by atoms with van der Waals surface area (Å²) >= 11 is 8.61. The van der Waals surface area contributed by atoms with Gasteiger partial charge in [0.15, 0.2) is 0 Å². The van der Waals surface area contributed by atoms with Gasteiger partial charge in [-0.25, -0.2) is 0 Å². The van der Waals surface area contributed by atoms with E-state index in [-0.39, 0.29) is 5.91 Å². The van der Waals surface area contributed by atoms with Crippen molar-refractivity contribution in [1.29, 1.82) is 5.26 Å². The predicted molar refractivity (Wildman–Crippen MR) is 68.7 cm³/mol. The average Bonchev–Trinajstić information content (AvgIpc) is 2.64. The quantitative estimate of drug-likeness (QED) is 0.776. The molecule has 0 aliphatic carbocycles. The lowest BCUT2D eigenvalue weighted by atomic mass is 10.4. The Hall–Kier alpha value is -0.700. The second kappa shape index (κ2) is 6.79. The van der Waals surface area contributed by atoms with Crippen molar-refractivity contribution in [3.63, 3.8) is 0 Å². The van der Waals surface area contributed by atoms with Crippen LogP contribution in [-0.4, -0.2) is 29.4 Å². The van der Waals surface area contributed by atoms with E-state index in [0.29, 0.717) is 18.1 Å². The first-order valence-corrected chi connectivity index (χ1v) is 6.91. The maximum Gasteiger partial charge on any atom is 0.232 e. The maximum absolute atomic E-state index is 11.6. The van der Waals surface area contributed by atoms with Crippen LogP contribution in [0.1, 0.15) is 4.88 Å². The molecule has 0 fully saturated rings. The van der Waals surface area contributed by atoms with Crippen LogP contribution in [0.4, 0.5) is 0 Å². The Morgan fingerprint density at radius 2 is 2.44 bits per heavy atom. The second-order valence-corrected chi connectivity index (χ2v) is 5.89. The van der Waals surface area contributed by atoms with Gasteiger partial charge in [-0.15, -0.1) is 23.1 Å². The van der Waals surface area contributed by atoms with Gasteiger partial charge in [0, 0.05) is 11.9 Å². The van der Waals surface area contributed by atoms with Crippen LogP contribution < -0.4 is 0 Å². The number of thioether (sulfide) groups is 1. The number of rotatable bonds is 5. The van der Waals surface area contributed by atoms with Gasteiger partial charge < -0.3 is 4.90 Å². The summed E-state index contributed by atoms with van der Waals surface area (Å²) in [5, 5.41) is 8.35. The molecule has 16 heavy (non-hydrogen) atoms. The highest BCUT2D eigenvalue weighted by atomic mass is 35.5. The van der Waals surface area contributed by atoms with Crippen LogP contribution >= 0.6 is 34.7 Å². The molecule has 6 heteroatoms. The molecular formula is C10H11ClN2OS2. The number of halogens is 1.